The summed E-state index contributed by atoms with van der Waals surface area (Å²) in [6.45, 7) is 13.4. The number of nitrogens with zero attached hydrogens (tertiary/aromatic N) is 4. The van der Waals surface area contributed by atoms with Crippen LogP contribution in [-0.2, 0) is 46.0 Å². The van der Waals surface area contributed by atoms with Crippen LogP contribution in [0.2, 0.25) is 0 Å². The SMILES string of the molecule is Cc1c(-c2[c-]ccc3c2C(C)(C)c2ccccc2-3)ncn1C.Cc1c(-c2[c-]ccc3c2C(C)(C)c2ccccc2-3)ncn1C.[Pt+2]. The second-order valence-electron chi connectivity index (χ2n) is 13.2. The summed E-state index contributed by atoms with van der Waals surface area (Å²) < 4.78 is 4.13. The van der Waals surface area contributed by atoms with E-state index in [0.29, 0.717) is 0 Å². The first kappa shape index (κ1) is 31.0. The topological polar surface area (TPSA) is 35.6 Å². The molecule has 0 N–H and O–H groups in total. The van der Waals surface area contributed by atoms with E-state index in [-0.39, 0.29) is 31.9 Å². The maximum Gasteiger partial charge on any atom is 2.00 e. The summed E-state index contributed by atoms with van der Waals surface area (Å²) in [6, 6.07) is 32.7. The van der Waals surface area contributed by atoms with Gasteiger partial charge in [0.25, 0.3) is 0 Å². The molecule has 0 saturated heterocycles. The molecule has 2 aliphatic carbocycles. The molecule has 8 rings (SSSR count). The van der Waals surface area contributed by atoms with Gasteiger partial charge in [0.05, 0.1) is 12.7 Å². The van der Waals surface area contributed by atoms with Crippen LogP contribution in [0.1, 0.15) is 61.3 Å². The third-order valence-corrected chi connectivity index (χ3v) is 9.96. The molecule has 0 spiro atoms. The second-order valence-corrected chi connectivity index (χ2v) is 13.2. The van der Waals surface area contributed by atoms with Gasteiger partial charge < -0.3 is 9.13 Å². The number of imidazole rings is 2. The molecule has 0 radical (unpaired) electrons. The van der Waals surface area contributed by atoms with Crippen molar-refractivity contribution in [1.29, 1.82) is 0 Å². The quantitative estimate of drug-likeness (QED) is 0.165. The van der Waals surface area contributed by atoms with E-state index < -0.39 is 0 Å². The summed E-state index contributed by atoms with van der Waals surface area (Å²) in [4.78, 5) is 9.25. The van der Waals surface area contributed by atoms with Gasteiger partial charge in [-0.05, 0) is 58.3 Å². The van der Waals surface area contributed by atoms with Gasteiger partial charge in [-0.2, -0.15) is 0 Å². The molecule has 2 aliphatic rings. The smallest absolute Gasteiger partial charge is 0.347 e. The van der Waals surface area contributed by atoms with Crippen LogP contribution >= 0.6 is 0 Å². The fourth-order valence-corrected chi connectivity index (χ4v) is 7.39. The average Bonchev–Trinajstić information content (AvgIpc) is 3.69. The molecule has 0 atom stereocenters. The van der Waals surface area contributed by atoms with Crippen LogP contribution in [0.15, 0.2) is 85.5 Å². The fourth-order valence-electron chi connectivity index (χ4n) is 7.39. The minimum atomic E-state index is -0.0248. The Bertz CT molecular complexity index is 1930. The van der Waals surface area contributed by atoms with Crippen molar-refractivity contribution in [2.45, 2.75) is 52.4 Å². The van der Waals surface area contributed by atoms with Crippen molar-refractivity contribution in [1.82, 2.24) is 19.1 Å². The van der Waals surface area contributed by atoms with Gasteiger partial charge in [-0.3, -0.25) is 9.97 Å². The molecule has 0 amide bonds. The minimum Gasteiger partial charge on any atom is -0.347 e. The van der Waals surface area contributed by atoms with Gasteiger partial charge in [0, 0.05) is 25.5 Å². The normalized spacial score (nSPS) is 14.4. The molecule has 5 heteroatoms. The monoisotopic (exact) mass is 769 g/mol. The maximum absolute atomic E-state index is 4.62. The first-order valence-electron chi connectivity index (χ1n) is 15.3. The molecule has 4 nitrogen and oxygen atoms in total. The minimum absolute atomic E-state index is 0. The van der Waals surface area contributed by atoms with Crippen molar-refractivity contribution >= 4 is 0 Å². The number of rotatable bonds is 2. The van der Waals surface area contributed by atoms with Gasteiger partial charge in [-0.25, -0.2) is 0 Å². The van der Waals surface area contributed by atoms with E-state index >= 15 is 0 Å². The summed E-state index contributed by atoms with van der Waals surface area (Å²) >= 11 is 0. The molecule has 0 aliphatic heterocycles. The van der Waals surface area contributed by atoms with Gasteiger partial charge in [0.15, 0.2) is 0 Å². The Hall–Kier alpha value is -4.01. The summed E-state index contributed by atoms with van der Waals surface area (Å²) in [5.41, 5.74) is 17.4. The van der Waals surface area contributed by atoms with Gasteiger partial charge in [0.1, 0.15) is 0 Å². The summed E-state index contributed by atoms with van der Waals surface area (Å²) in [6.07, 6.45) is 3.76. The standard InChI is InChI=1S/2C20H19N2.Pt/c2*1-13-19(21-12-22(13)4)16-10-7-9-15-14-8-5-6-11-17(14)20(2,3)18(15)16;/h2*5-9,11-12H,1-4H3;/q2*-1;+2. The molecule has 2 aromatic heterocycles. The van der Waals surface area contributed by atoms with E-state index in [1.54, 1.807) is 0 Å². The molecular weight excluding hydrogens is 732 g/mol. The van der Waals surface area contributed by atoms with Gasteiger partial charge in [-0.15, -0.1) is 58.7 Å². The van der Waals surface area contributed by atoms with E-state index in [0.717, 1.165) is 22.5 Å². The Balaban J connectivity index is 0.000000155. The summed E-state index contributed by atoms with van der Waals surface area (Å²) in [5, 5.41) is 0. The van der Waals surface area contributed by atoms with Gasteiger partial charge in [-0.1, -0.05) is 87.4 Å². The van der Waals surface area contributed by atoms with Gasteiger partial charge >= 0.3 is 21.1 Å². The molecule has 45 heavy (non-hydrogen) atoms. The number of aryl methyl sites for hydroxylation is 2. The van der Waals surface area contributed by atoms with E-state index in [4.69, 9.17) is 0 Å². The number of hydrogen-bond acceptors (Lipinski definition) is 2. The van der Waals surface area contributed by atoms with Crippen molar-refractivity contribution in [3.8, 4) is 44.8 Å². The molecule has 6 aromatic rings. The first-order valence-corrected chi connectivity index (χ1v) is 15.3. The molecule has 4 aromatic carbocycles. The van der Waals surface area contributed by atoms with Crippen LogP contribution in [0, 0.1) is 26.0 Å². The molecule has 0 saturated carbocycles. The maximum atomic E-state index is 4.62. The number of benzene rings is 4. The van der Waals surface area contributed by atoms with E-state index in [2.05, 4.69) is 133 Å². The van der Waals surface area contributed by atoms with E-state index in [1.165, 1.54) is 55.9 Å². The Morgan fingerprint density at radius 2 is 0.933 bits per heavy atom. The van der Waals surface area contributed by atoms with Crippen molar-refractivity contribution in [2.24, 2.45) is 14.1 Å². The molecule has 2 heterocycles. The Morgan fingerprint density at radius 3 is 1.29 bits per heavy atom. The van der Waals surface area contributed by atoms with Crippen LogP contribution < -0.4 is 0 Å². The van der Waals surface area contributed by atoms with Crippen LogP contribution in [0.4, 0.5) is 0 Å². The molecule has 0 fully saturated rings. The van der Waals surface area contributed by atoms with E-state index in [1.807, 2.05) is 38.9 Å². The van der Waals surface area contributed by atoms with Crippen LogP contribution in [-0.4, -0.2) is 19.1 Å². The largest absolute Gasteiger partial charge is 2.00 e. The van der Waals surface area contributed by atoms with Crippen LogP contribution in [0.25, 0.3) is 44.8 Å². The Labute approximate surface area is 281 Å². The number of hydrogen-bond donors (Lipinski definition) is 0. The molecule has 0 unspecified atom stereocenters. The van der Waals surface area contributed by atoms with Crippen LogP contribution in [0.3, 0.4) is 0 Å². The van der Waals surface area contributed by atoms with E-state index in [9.17, 15) is 0 Å². The zero-order valence-electron chi connectivity index (χ0n) is 27.2. The first-order chi connectivity index (χ1) is 21.0. The zero-order chi connectivity index (χ0) is 31.0. The summed E-state index contributed by atoms with van der Waals surface area (Å²) in [7, 11) is 4.07. The third kappa shape index (κ3) is 4.60. The number of aromatic nitrogens is 4. The fraction of sp³-hybridized carbons (Fsp3) is 0.250. The van der Waals surface area contributed by atoms with Gasteiger partial charge in [0.2, 0.25) is 0 Å². The Morgan fingerprint density at radius 1 is 0.556 bits per heavy atom. The van der Waals surface area contributed by atoms with Crippen molar-refractivity contribution in [3.05, 3.63) is 131 Å². The molecule has 0 bridgehead atoms. The predicted molar refractivity (Wildman–Crippen MR) is 180 cm³/mol. The van der Waals surface area contributed by atoms with Crippen molar-refractivity contribution in [2.75, 3.05) is 0 Å². The second kappa shape index (κ2) is 11.1. The number of fused-ring (bicyclic) bond motifs is 6. The third-order valence-electron chi connectivity index (χ3n) is 9.96. The zero-order valence-corrected chi connectivity index (χ0v) is 29.5. The van der Waals surface area contributed by atoms with Crippen LogP contribution in [0.5, 0.6) is 0 Å². The average molecular weight is 770 g/mol. The Kier molecular flexibility index (Phi) is 7.65. The summed E-state index contributed by atoms with van der Waals surface area (Å²) in [5.74, 6) is 0. The predicted octanol–water partition coefficient (Wildman–Crippen LogP) is 9.00. The van der Waals surface area contributed by atoms with Crippen molar-refractivity contribution in [3.63, 3.8) is 0 Å². The molecule has 228 valence electrons. The molecular formula is C40H38N4Pt. The van der Waals surface area contributed by atoms with Crippen molar-refractivity contribution < 1.29 is 21.1 Å².